The molecule has 0 aliphatic carbocycles. The molecule has 13 heteroatoms. The van der Waals surface area contributed by atoms with Gasteiger partial charge in [-0.15, -0.1) is 0 Å². The maximum atomic E-state index is 14.3. The van der Waals surface area contributed by atoms with Gasteiger partial charge in [0.15, 0.2) is 5.78 Å². The van der Waals surface area contributed by atoms with Gasteiger partial charge in [0, 0.05) is 28.9 Å². The standard InChI is InChI=1S/C30H23ClF6N4O2/c31-22-9-7-18(8-10-22)16-28(26(42)19-13-20(29(32,33)34)15-21(14-19)30(35,36)37)11-3-4-12-41(28)40-27(43)25-23-5-1-2-6-24(23)38-17-39-25/h1-2,5-10,13-15,17H,3-4,11-12,16H2,(H,40,43). The Morgan fingerprint density at radius 2 is 1.53 bits per heavy atom. The van der Waals surface area contributed by atoms with Gasteiger partial charge in [0.25, 0.3) is 5.91 Å². The molecule has 4 aromatic rings. The summed E-state index contributed by atoms with van der Waals surface area (Å²) in [6.07, 6.45) is -8.27. The Hall–Kier alpha value is -4.03. The number of hydrazine groups is 1. The van der Waals surface area contributed by atoms with Gasteiger partial charge in [-0.1, -0.05) is 41.9 Å². The van der Waals surface area contributed by atoms with E-state index in [9.17, 15) is 35.9 Å². The molecule has 1 amide bonds. The molecule has 0 radical (unpaired) electrons. The SMILES string of the molecule is O=C(NN1CCCCC1(Cc1ccc(Cl)cc1)C(=O)c1cc(C(F)(F)F)cc(C(F)(F)F)c1)c1ncnc2ccccc12. The van der Waals surface area contributed by atoms with E-state index in [0.29, 0.717) is 46.5 Å². The number of alkyl halides is 6. The monoisotopic (exact) mass is 620 g/mol. The van der Waals surface area contributed by atoms with Gasteiger partial charge in [0.2, 0.25) is 0 Å². The maximum Gasteiger partial charge on any atom is 0.416 e. The Bertz CT molecular complexity index is 1640. The number of nitrogens with one attached hydrogen (secondary N) is 1. The molecule has 1 aliphatic rings. The number of rotatable bonds is 6. The van der Waals surface area contributed by atoms with Gasteiger partial charge >= 0.3 is 12.4 Å². The lowest BCUT2D eigenvalue weighted by molar-refractivity contribution is -0.143. The topological polar surface area (TPSA) is 75.2 Å². The van der Waals surface area contributed by atoms with Crippen molar-refractivity contribution in [2.24, 2.45) is 0 Å². The number of hydrogen-bond donors (Lipinski definition) is 1. The van der Waals surface area contributed by atoms with Crippen molar-refractivity contribution in [1.82, 2.24) is 20.4 Å². The lowest BCUT2D eigenvalue weighted by Gasteiger charge is -2.46. The molecule has 2 heterocycles. The largest absolute Gasteiger partial charge is 0.416 e. The van der Waals surface area contributed by atoms with E-state index in [2.05, 4.69) is 15.4 Å². The smallest absolute Gasteiger partial charge is 0.292 e. The van der Waals surface area contributed by atoms with Crippen LogP contribution in [-0.4, -0.2) is 38.8 Å². The summed E-state index contributed by atoms with van der Waals surface area (Å²) in [7, 11) is 0. The molecule has 5 rings (SSSR count). The number of carbonyl (C=O) groups excluding carboxylic acids is 2. The van der Waals surface area contributed by atoms with E-state index >= 15 is 0 Å². The van der Waals surface area contributed by atoms with Crippen LogP contribution in [0.4, 0.5) is 26.3 Å². The van der Waals surface area contributed by atoms with Crippen LogP contribution >= 0.6 is 11.6 Å². The first-order valence-electron chi connectivity index (χ1n) is 13.1. The molecule has 0 spiro atoms. The van der Waals surface area contributed by atoms with Crippen molar-refractivity contribution < 1.29 is 35.9 Å². The van der Waals surface area contributed by atoms with Gasteiger partial charge < -0.3 is 0 Å². The Morgan fingerprint density at radius 1 is 0.884 bits per heavy atom. The zero-order valence-corrected chi connectivity index (χ0v) is 23.0. The number of Topliss-reactive ketones (excluding diaryl/α,β-unsaturated/α-hetero) is 1. The summed E-state index contributed by atoms with van der Waals surface area (Å²) in [5.41, 5.74) is -2.01. The summed E-state index contributed by atoms with van der Waals surface area (Å²) in [6, 6.07) is 13.9. The summed E-state index contributed by atoms with van der Waals surface area (Å²) >= 11 is 6.02. The summed E-state index contributed by atoms with van der Waals surface area (Å²) in [5, 5.41) is 2.13. The number of para-hydroxylation sites is 1. The van der Waals surface area contributed by atoms with Crippen molar-refractivity contribution in [3.63, 3.8) is 0 Å². The zero-order chi connectivity index (χ0) is 31.0. The highest BCUT2D eigenvalue weighted by Gasteiger charge is 2.48. The quantitative estimate of drug-likeness (QED) is 0.181. The summed E-state index contributed by atoms with van der Waals surface area (Å²) in [6.45, 7) is 0.0964. The molecular formula is C30H23ClF6N4O2. The van der Waals surface area contributed by atoms with Crippen molar-refractivity contribution in [2.75, 3.05) is 6.54 Å². The number of halogens is 7. The number of nitrogens with zero attached hydrogens (tertiary/aromatic N) is 3. The molecule has 1 saturated heterocycles. The molecule has 1 aromatic heterocycles. The third-order valence-electron chi connectivity index (χ3n) is 7.42. The average Bonchev–Trinajstić information content (AvgIpc) is 2.97. The number of fused-ring (bicyclic) bond motifs is 1. The molecule has 1 fully saturated rings. The van der Waals surface area contributed by atoms with Crippen LogP contribution in [0.2, 0.25) is 5.02 Å². The van der Waals surface area contributed by atoms with Crippen LogP contribution in [0.5, 0.6) is 0 Å². The number of aromatic nitrogens is 2. The highest BCUT2D eigenvalue weighted by molar-refractivity contribution is 6.30. The molecule has 0 saturated carbocycles. The highest BCUT2D eigenvalue weighted by atomic mass is 35.5. The van der Waals surface area contributed by atoms with Crippen LogP contribution in [0.15, 0.2) is 73.1 Å². The molecular weight excluding hydrogens is 598 g/mol. The fraction of sp³-hybridized carbons (Fsp3) is 0.267. The molecule has 1 aliphatic heterocycles. The normalized spacial score (nSPS) is 18.0. The Labute approximate surface area is 246 Å². The summed E-state index contributed by atoms with van der Waals surface area (Å²) < 4.78 is 82.3. The third kappa shape index (κ3) is 6.35. The minimum Gasteiger partial charge on any atom is -0.292 e. The minimum absolute atomic E-state index is 0.0116. The zero-order valence-electron chi connectivity index (χ0n) is 22.3. The Balaban J connectivity index is 1.63. The molecule has 3 aromatic carbocycles. The van der Waals surface area contributed by atoms with E-state index in [-0.39, 0.29) is 31.1 Å². The van der Waals surface area contributed by atoms with Gasteiger partial charge in [0.05, 0.1) is 16.6 Å². The van der Waals surface area contributed by atoms with Crippen molar-refractivity contribution in [3.05, 3.63) is 106 Å². The van der Waals surface area contributed by atoms with Gasteiger partial charge in [-0.25, -0.2) is 15.0 Å². The van der Waals surface area contributed by atoms with Crippen LogP contribution in [-0.2, 0) is 18.8 Å². The van der Waals surface area contributed by atoms with Crippen LogP contribution in [0.25, 0.3) is 10.9 Å². The van der Waals surface area contributed by atoms with Crippen molar-refractivity contribution >= 4 is 34.2 Å². The number of hydrogen-bond acceptors (Lipinski definition) is 5. The highest BCUT2D eigenvalue weighted by Crippen LogP contribution is 2.40. The van der Waals surface area contributed by atoms with Crippen LogP contribution in [0, 0.1) is 0 Å². The van der Waals surface area contributed by atoms with Gasteiger partial charge in [-0.3, -0.25) is 15.0 Å². The predicted molar refractivity (Wildman–Crippen MR) is 146 cm³/mol. The minimum atomic E-state index is -5.14. The third-order valence-corrected chi connectivity index (χ3v) is 7.67. The number of piperidine rings is 1. The predicted octanol–water partition coefficient (Wildman–Crippen LogP) is 7.32. The lowest BCUT2D eigenvalue weighted by Crippen LogP contribution is -2.64. The molecule has 6 nitrogen and oxygen atoms in total. The van der Waals surface area contributed by atoms with E-state index in [0.717, 1.165) is 0 Å². The van der Waals surface area contributed by atoms with Crippen molar-refractivity contribution in [1.29, 1.82) is 0 Å². The van der Waals surface area contributed by atoms with Crippen LogP contribution in [0.3, 0.4) is 0 Å². The van der Waals surface area contributed by atoms with E-state index in [1.807, 2.05) is 0 Å². The first kappa shape index (κ1) is 30.4. The van der Waals surface area contributed by atoms with E-state index in [4.69, 9.17) is 11.6 Å². The fourth-order valence-corrected chi connectivity index (χ4v) is 5.48. The molecule has 1 unspecified atom stereocenters. The number of benzene rings is 3. The fourth-order valence-electron chi connectivity index (χ4n) is 5.36. The van der Waals surface area contributed by atoms with Crippen molar-refractivity contribution in [3.8, 4) is 0 Å². The first-order chi connectivity index (χ1) is 20.3. The van der Waals surface area contributed by atoms with E-state index in [1.165, 1.54) is 11.3 Å². The first-order valence-corrected chi connectivity index (χ1v) is 13.5. The molecule has 43 heavy (non-hydrogen) atoms. The molecule has 224 valence electrons. The summed E-state index contributed by atoms with van der Waals surface area (Å²) in [5.74, 6) is -1.71. The second kappa shape index (κ2) is 11.6. The number of ketones is 1. The van der Waals surface area contributed by atoms with Crippen LogP contribution in [0.1, 0.15) is 56.8 Å². The van der Waals surface area contributed by atoms with Gasteiger partial charge in [-0.2, -0.15) is 26.3 Å². The second-order valence-electron chi connectivity index (χ2n) is 10.2. The van der Waals surface area contributed by atoms with Crippen molar-refractivity contribution in [2.45, 2.75) is 43.6 Å². The van der Waals surface area contributed by atoms with E-state index < -0.39 is 46.3 Å². The van der Waals surface area contributed by atoms with Gasteiger partial charge in [0.1, 0.15) is 17.6 Å². The molecule has 1 N–H and O–H groups in total. The van der Waals surface area contributed by atoms with Gasteiger partial charge in [-0.05, 0) is 61.2 Å². The average molecular weight is 621 g/mol. The number of carbonyl (C=O) groups is 2. The Kier molecular flexibility index (Phi) is 8.19. The summed E-state index contributed by atoms with van der Waals surface area (Å²) in [4.78, 5) is 36.1. The lowest BCUT2D eigenvalue weighted by atomic mass is 9.76. The maximum absolute atomic E-state index is 14.3. The van der Waals surface area contributed by atoms with Crippen LogP contribution < -0.4 is 5.43 Å². The molecule has 1 atom stereocenters. The van der Waals surface area contributed by atoms with E-state index in [1.54, 1.807) is 48.5 Å². The Morgan fingerprint density at radius 3 is 2.19 bits per heavy atom. The number of amides is 1. The second-order valence-corrected chi connectivity index (χ2v) is 10.7. The molecule has 0 bridgehead atoms.